The van der Waals surface area contributed by atoms with Crippen molar-refractivity contribution < 1.29 is 4.79 Å². The molecule has 14 heavy (non-hydrogen) atoms. The van der Waals surface area contributed by atoms with Gasteiger partial charge in [0.15, 0.2) is 0 Å². The summed E-state index contributed by atoms with van der Waals surface area (Å²) in [6.07, 6.45) is 7.02. The fraction of sp³-hybridized carbons (Fsp3) is 0.636. The Morgan fingerprint density at radius 1 is 1.57 bits per heavy atom. The third kappa shape index (κ3) is 2.21. The van der Waals surface area contributed by atoms with Gasteiger partial charge in [-0.3, -0.25) is 4.79 Å². The van der Waals surface area contributed by atoms with Crippen molar-refractivity contribution >= 4 is 17.1 Å². The predicted octanol–water partition coefficient (Wildman–Crippen LogP) is 2.75. The van der Waals surface area contributed by atoms with Crippen LogP contribution in [-0.4, -0.2) is 10.8 Å². The Morgan fingerprint density at radius 2 is 2.43 bits per heavy atom. The number of thiazole rings is 1. The molecule has 2 rings (SSSR count). The Bertz CT molecular complexity index is 332. The van der Waals surface area contributed by atoms with Crippen LogP contribution < -0.4 is 0 Å². The normalized spacial score (nSPS) is 22.6. The standard InChI is InChI=1S/C11H15NOS/c1-8-12-7-10(14-8)6-9-4-2-3-5-11(9)13/h7,9H,2-6H2,1H3. The summed E-state index contributed by atoms with van der Waals surface area (Å²) in [6, 6.07) is 0. The maximum Gasteiger partial charge on any atom is 0.136 e. The number of ketones is 1. The second-order valence-electron chi connectivity index (χ2n) is 3.96. The van der Waals surface area contributed by atoms with E-state index in [2.05, 4.69) is 4.98 Å². The average molecular weight is 209 g/mol. The number of hydrogen-bond donors (Lipinski definition) is 0. The predicted molar refractivity (Wildman–Crippen MR) is 57.5 cm³/mol. The summed E-state index contributed by atoms with van der Waals surface area (Å²) < 4.78 is 0. The van der Waals surface area contributed by atoms with E-state index in [1.54, 1.807) is 11.3 Å². The molecule has 0 radical (unpaired) electrons. The molecule has 1 heterocycles. The molecule has 1 aliphatic carbocycles. The molecule has 1 atom stereocenters. The minimum Gasteiger partial charge on any atom is -0.299 e. The molecule has 2 nitrogen and oxygen atoms in total. The van der Waals surface area contributed by atoms with Gasteiger partial charge >= 0.3 is 0 Å². The number of hydrogen-bond acceptors (Lipinski definition) is 3. The van der Waals surface area contributed by atoms with Gasteiger partial charge in [0.2, 0.25) is 0 Å². The lowest BCUT2D eigenvalue weighted by atomic mass is 9.85. The van der Waals surface area contributed by atoms with Gasteiger partial charge < -0.3 is 0 Å². The Kier molecular flexibility index (Phi) is 2.96. The molecule has 1 unspecified atom stereocenters. The number of aromatic nitrogens is 1. The molecule has 0 amide bonds. The summed E-state index contributed by atoms with van der Waals surface area (Å²) in [5.41, 5.74) is 0. The molecule has 1 saturated carbocycles. The molecule has 1 aromatic heterocycles. The van der Waals surface area contributed by atoms with Crippen LogP contribution >= 0.6 is 11.3 Å². The molecular formula is C11H15NOS. The maximum absolute atomic E-state index is 11.6. The van der Waals surface area contributed by atoms with E-state index < -0.39 is 0 Å². The molecule has 1 aromatic rings. The molecule has 0 N–H and O–H groups in total. The Hall–Kier alpha value is -0.700. The van der Waals surface area contributed by atoms with Crippen molar-refractivity contribution in [2.24, 2.45) is 5.92 Å². The van der Waals surface area contributed by atoms with E-state index in [-0.39, 0.29) is 5.92 Å². The SMILES string of the molecule is Cc1ncc(CC2CCCCC2=O)s1. The highest BCUT2D eigenvalue weighted by Gasteiger charge is 2.22. The number of Topliss-reactive ketones (excluding diaryl/α,β-unsaturated/α-hetero) is 1. The van der Waals surface area contributed by atoms with Gasteiger partial charge in [-0.05, 0) is 26.2 Å². The number of carbonyl (C=O) groups is 1. The number of rotatable bonds is 2. The summed E-state index contributed by atoms with van der Waals surface area (Å²) in [6.45, 7) is 2.01. The van der Waals surface area contributed by atoms with E-state index in [1.807, 2.05) is 13.1 Å². The highest BCUT2D eigenvalue weighted by atomic mass is 32.1. The van der Waals surface area contributed by atoms with Crippen LogP contribution in [0.4, 0.5) is 0 Å². The number of carbonyl (C=O) groups excluding carboxylic acids is 1. The summed E-state index contributed by atoms with van der Waals surface area (Å²) in [5.74, 6) is 0.742. The van der Waals surface area contributed by atoms with Crippen LogP contribution in [0, 0.1) is 12.8 Å². The maximum atomic E-state index is 11.6. The van der Waals surface area contributed by atoms with Crippen molar-refractivity contribution in [2.75, 3.05) is 0 Å². The van der Waals surface area contributed by atoms with Gasteiger partial charge in [-0.25, -0.2) is 4.98 Å². The molecular weight excluding hydrogens is 194 g/mol. The van der Waals surface area contributed by atoms with Crippen molar-refractivity contribution in [3.63, 3.8) is 0 Å². The van der Waals surface area contributed by atoms with Crippen LogP contribution in [0.25, 0.3) is 0 Å². The Balaban J connectivity index is 1.99. The van der Waals surface area contributed by atoms with Crippen molar-refractivity contribution in [1.82, 2.24) is 4.98 Å². The van der Waals surface area contributed by atoms with Gasteiger partial charge in [0.1, 0.15) is 5.78 Å². The van der Waals surface area contributed by atoms with E-state index in [9.17, 15) is 4.79 Å². The summed E-state index contributed by atoms with van der Waals surface area (Å²) in [4.78, 5) is 17.1. The first-order valence-electron chi connectivity index (χ1n) is 5.20. The van der Waals surface area contributed by atoms with Gasteiger partial charge in [-0.1, -0.05) is 6.42 Å². The summed E-state index contributed by atoms with van der Waals surface area (Å²) in [5, 5.41) is 1.10. The fourth-order valence-corrected chi connectivity index (χ4v) is 2.89. The molecule has 1 aliphatic rings. The summed E-state index contributed by atoms with van der Waals surface area (Å²) >= 11 is 1.72. The smallest absolute Gasteiger partial charge is 0.136 e. The summed E-state index contributed by atoms with van der Waals surface area (Å²) in [7, 11) is 0. The van der Waals surface area contributed by atoms with Crippen LogP contribution in [0.2, 0.25) is 0 Å². The minimum absolute atomic E-state index is 0.281. The largest absolute Gasteiger partial charge is 0.299 e. The highest BCUT2D eigenvalue weighted by molar-refractivity contribution is 7.11. The van der Waals surface area contributed by atoms with Crippen molar-refractivity contribution in [3.05, 3.63) is 16.1 Å². The van der Waals surface area contributed by atoms with Crippen LogP contribution in [0.15, 0.2) is 6.20 Å². The zero-order valence-corrected chi connectivity index (χ0v) is 9.27. The van der Waals surface area contributed by atoms with Gasteiger partial charge in [-0.2, -0.15) is 0 Å². The molecule has 1 fully saturated rings. The molecule has 0 saturated heterocycles. The third-order valence-electron chi connectivity index (χ3n) is 2.80. The first-order chi connectivity index (χ1) is 6.75. The highest BCUT2D eigenvalue weighted by Crippen LogP contribution is 2.26. The van der Waals surface area contributed by atoms with Crippen LogP contribution in [0.3, 0.4) is 0 Å². The monoisotopic (exact) mass is 209 g/mol. The van der Waals surface area contributed by atoms with E-state index in [4.69, 9.17) is 0 Å². The van der Waals surface area contributed by atoms with Crippen molar-refractivity contribution in [2.45, 2.75) is 39.0 Å². The second kappa shape index (κ2) is 4.22. The quantitative estimate of drug-likeness (QED) is 0.749. The molecule has 0 spiro atoms. The van der Waals surface area contributed by atoms with Crippen LogP contribution in [0.1, 0.15) is 35.6 Å². The Morgan fingerprint density at radius 3 is 3.07 bits per heavy atom. The fourth-order valence-electron chi connectivity index (χ4n) is 2.01. The van der Waals surface area contributed by atoms with Crippen LogP contribution in [0.5, 0.6) is 0 Å². The lowest BCUT2D eigenvalue weighted by Gasteiger charge is -2.19. The topological polar surface area (TPSA) is 30.0 Å². The van der Waals surface area contributed by atoms with E-state index in [0.717, 1.165) is 30.7 Å². The van der Waals surface area contributed by atoms with E-state index >= 15 is 0 Å². The van der Waals surface area contributed by atoms with Crippen molar-refractivity contribution in [3.8, 4) is 0 Å². The lowest BCUT2D eigenvalue weighted by Crippen LogP contribution is -2.20. The first kappa shape index (κ1) is 9.84. The van der Waals surface area contributed by atoms with E-state index in [0.29, 0.717) is 5.78 Å². The third-order valence-corrected chi connectivity index (χ3v) is 3.73. The van der Waals surface area contributed by atoms with E-state index in [1.165, 1.54) is 11.3 Å². The molecule has 3 heteroatoms. The Labute approximate surface area is 88.4 Å². The minimum atomic E-state index is 0.281. The zero-order valence-electron chi connectivity index (χ0n) is 8.45. The molecule has 0 aromatic carbocycles. The van der Waals surface area contributed by atoms with Gasteiger partial charge in [-0.15, -0.1) is 11.3 Å². The number of aryl methyl sites for hydroxylation is 1. The molecule has 0 bridgehead atoms. The molecule has 76 valence electrons. The zero-order chi connectivity index (χ0) is 9.97. The van der Waals surface area contributed by atoms with Gasteiger partial charge in [0, 0.05) is 23.4 Å². The second-order valence-corrected chi connectivity index (χ2v) is 5.28. The average Bonchev–Trinajstić information content (AvgIpc) is 2.56. The van der Waals surface area contributed by atoms with Crippen LogP contribution in [-0.2, 0) is 11.2 Å². The lowest BCUT2D eigenvalue weighted by molar-refractivity contribution is -0.124. The number of nitrogens with zero attached hydrogens (tertiary/aromatic N) is 1. The first-order valence-corrected chi connectivity index (χ1v) is 6.01. The van der Waals surface area contributed by atoms with Gasteiger partial charge in [0.25, 0.3) is 0 Å². The molecule has 0 aliphatic heterocycles. The van der Waals surface area contributed by atoms with Gasteiger partial charge in [0.05, 0.1) is 5.01 Å². The van der Waals surface area contributed by atoms with Crippen molar-refractivity contribution in [1.29, 1.82) is 0 Å².